The maximum Gasteiger partial charge on any atom is 0.262 e. The van der Waals surface area contributed by atoms with Crippen LogP contribution < -0.4 is 10.9 Å². The molecule has 1 aliphatic rings. The maximum atomic E-state index is 13.2. The van der Waals surface area contributed by atoms with E-state index in [0.717, 1.165) is 19.3 Å². The van der Waals surface area contributed by atoms with E-state index in [1.807, 2.05) is 52.0 Å². The Morgan fingerprint density at radius 2 is 2.03 bits per heavy atom. The molecule has 2 aromatic rings. The molecule has 0 saturated carbocycles. The lowest BCUT2D eigenvalue weighted by atomic mass is 9.97. The fraction of sp³-hybridized carbons (Fsp3) is 0.522. The molecular formula is C23H31N3O2S. The summed E-state index contributed by atoms with van der Waals surface area (Å²) in [7, 11) is 0. The van der Waals surface area contributed by atoms with E-state index in [-0.39, 0.29) is 22.3 Å². The van der Waals surface area contributed by atoms with E-state index in [1.54, 1.807) is 4.57 Å². The van der Waals surface area contributed by atoms with E-state index in [2.05, 4.69) is 11.4 Å². The minimum Gasteiger partial charge on any atom is -0.351 e. The Morgan fingerprint density at radius 3 is 2.72 bits per heavy atom. The van der Waals surface area contributed by atoms with Crippen LogP contribution in [0.2, 0.25) is 0 Å². The second-order valence-corrected chi connectivity index (χ2v) is 10.0. The molecule has 29 heavy (non-hydrogen) atoms. The molecule has 0 aliphatic heterocycles. The van der Waals surface area contributed by atoms with Crippen LogP contribution in [-0.2, 0) is 11.3 Å². The Labute approximate surface area is 177 Å². The highest BCUT2D eigenvalue weighted by Gasteiger charge is 2.23. The topological polar surface area (TPSA) is 64.0 Å². The fourth-order valence-corrected chi connectivity index (χ4v) is 4.44. The van der Waals surface area contributed by atoms with Crippen LogP contribution in [0.5, 0.6) is 0 Å². The normalized spacial score (nSPS) is 15.8. The van der Waals surface area contributed by atoms with E-state index in [0.29, 0.717) is 22.6 Å². The molecule has 156 valence electrons. The van der Waals surface area contributed by atoms with Crippen molar-refractivity contribution >= 4 is 28.6 Å². The van der Waals surface area contributed by atoms with Gasteiger partial charge in [-0.1, -0.05) is 35.5 Å². The average Bonchev–Trinajstić information content (AvgIpc) is 2.67. The number of nitrogens with one attached hydrogen (secondary N) is 1. The predicted molar refractivity (Wildman–Crippen MR) is 120 cm³/mol. The summed E-state index contributed by atoms with van der Waals surface area (Å²) in [6, 6.07) is 7.43. The highest BCUT2D eigenvalue weighted by atomic mass is 32.2. The summed E-state index contributed by atoms with van der Waals surface area (Å²) in [5.41, 5.74) is 1.77. The molecule has 1 aliphatic carbocycles. The zero-order chi connectivity index (χ0) is 21.0. The van der Waals surface area contributed by atoms with Crippen molar-refractivity contribution in [3.8, 4) is 0 Å². The Balaban J connectivity index is 1.90. The van der Waals surface area contributed by atoms with Gasteiger partial charge in [0, 0.05) is 12.1 Å². The highest BCUT2D eigenvalue weighted by molar-refractivity contribution is 8.00. The first-order chi connectivity index (χ1) is 13.7. The molecule has 3 rings (SSSR count). The zero-order valence-corrected chi connectivity index (χ0v) is 18.6. The van der Waals surface area contributed by atoms with Gasteiger partial charge >= 0.3 is 0 Å². The Morgan fingerprint density at radius 1 is 1.28 bits per heavy atom. The number of nitrogens with zero attached hydrogens (tertiary/aromatic N) is 2. The standard InChI is InChI=1S/C23H31N3O2S/c1-16(20(27)25-23(2,3)4)29-22-24-19-13-9-8-12-18(19)21(28)26(22)15-14-17-10-6-5-7-11-17/h8-10,12-13,16H,5-7,11,14-15H2,1-4H3,(H,25,27)/t16-/m0/s1. The van der Waals surface area contributed by atoms with Crippen LogP contribution in [0.1, 0.15) is 59.8 Å². The quantitative estimate of drug-likeness (QED) is 0.424. The van der Waals surface area contributed by atoms with Crippen molar-refractivity contribution < 1.29 is 4.79 Å². The number of para-hydroxylation sites is 1. The van der Waals surface area contributed by atoms with E-state index in [1.165, 1.54) is 30.2 Å². The third-order valence-electron chi connectivity index (χ3n) is 5.02. The average molecular weight is 414 g/mol. The van der Waals surface area contributed by atoms with Gasteiger partial charge in [0.25, 0.3) is 5.56 Å². The van der Waals surface area contributed by atoms with Gasteiger partial charge in [-0.3, -0.25) is 14.2 Å². The van der Waals surface area contributed by atoms with Gasteiger partial charge in [-0.05, 0) is 71.9 Å². The van der Waals surface area contributed by atoms with E-state index >= 15 is 0 Å². The van der Waals surface area contributed by atoms with E-state index < -0.39 is 0 Å². The minimum atomic E-state index is -0.345. The molecule has 1 amide bonds. The molecule has 1 aromatic heterocycles. The van der Waals surface area contributed by atoms with Crippen molar-refractivity contribution in [2.45, 2.75) is 82.3 Å². The monoisotopic (exact) mass is 413 g/mol. The van der Waals surface area contributed by atoms with Crippen LogP contribution in [0.15, 0.2) is 45.9 Å². The highest BCUT2D eigenvalue weighted by Crippen LogP contribution is 2.25. The number of benzene rings is 1. The summed E-state index contributed by atoms with van der Waals surface area (Å²) in [4.78, 5) is 30.5. The second-order valence-electron chi connectivity index (χ2n) is 8.73. The van der Waals surface area contributed by atoms with Crippen molar-refractivity contribution in [1.82, 2.24) is 14.9 Å². The third kappa shape index (κ3) is 5.72. The summed E-state index contributed by atoms with van der Waals surface area (Å²) in [5.74, 6) is -0.0496. The number of amides is 1. The summed E-state index contributed by atoms with van der Waals surface area (Å²) < 4.78 is 1.75. The summed E-state index contributed by atoms with van der Waals surface area (Å²) in [6.45, 7) is 8.35. The van der Waals surface area contributed by atoms with Gasteiger partial charge in [-0.2, -0.15) is 0 Å². The third-order valence-corrected chi connectivity index (χ3v) is 6.11. The second kappa shape index (κ2) is 9.16. The van der Waals surface area contributed by atoms with Gasteiger partial charge in [0.15, 0.2) is 5.16 Å². The Kier molecular flexibility index (Phi) is 6.83. The number of fused-ring (bicyclic) bond motifs is 1. The number of rotatable bonds is 6. The lowest BCUT2D eigenvalue weighted by Gasteiger charge is -2.23. The first-order valence-corrected chi connectivity index (χ1v) is 11.3. The van der Waals surface area contributed by atoms with Crippen molar-refractivity contribution in [3.63, 3.8) is 0 Å². The molecule has 1 atom stereocenters. The molecule has 0 unspecified atom stereocenters. The number of carbonyl (C=O) groups excluding carboxylic acids is 1. The number of thioether (sulfide) groups is 1. The van der Waals surface area contributed by atoms with Gasteiger partial charge < -0.3 is 5.32 Å². The van der Waals surface area contributed by atoms with Gasteiger partial charge in [0.05, 0.1) is 16.2 Å². The Bertz CT molecular complexity index is 972. The molecule has 1 N–H and O–H groups in total. The zero-order valence-electron chi connectivity index (χ0n) is 17.8. The molecule has 0 fully saturated rings. The molecule has 1 heterocycles. The molecular weight excluding hydrogens is 382 g/mol. The number of carbonyl (C=O) groups is 1. The van der Waals surface area contributed by atoms with Crippen LogP contribution in [0.4, 0.5) is 0 Å². The molecule has 0 saturated heterocycles. The van der Waals surface area contributed by atoms with Crippen LogP contribution in [-0.4, -0.2) is 26.2 Å². The van der Waals surface area contributed by atoms with Crippen LogP contribution in [0.3, 0.4) is 0 Å². The van der Waals surface area contributed by atoms with Crippen molar-refractivity contribution in [2.24, 2.45) is 0 Å². The van der Waals surface area contributed by atoms with Crippen molar-refractivity contribution in [2.75, 3.05) is 0 Å². The summed E-state index contributed by atoms with van der Waals surface area (Å²) >= 11 is 1.35. The SMILES string of the molecule is C[C@H](Sc1nc2ccccc2c(=O)n1CCC1=CCCCC1)C(=O)NC(C)(C)C. The summed E-state index contributed by atoms with van der Waals surface area (Å²) in [6.07, 6.45) is 7.89. The lowest BCUT2D eigenvalue weighted by Crippen LogP contribution is -2.44. The van der Waals surface area contributed by atoms with Crippen LogP contribution in [0, 0.1) is 0 Å². The van der Waals surface area contributed by atoms with Gasteiger partial charge in [-0.15, -0.1) is 0 Å². The van der Waals surface area contributed by atoms with E-state index in [9.17, 15) is 9.59 Å². The van der Waals surface area contributed by atoms with Gasteiger partial charge in [0.2, 0.25) is 5.91 Å². The maximum absolute atomic E-state index is 13.2. The number of hydrogen-bond donors (Lipinski definition) is 1. The van der Waals surface area contributed by atoms with Crippen LogP contribution >= 0.6 is 11.8 Å². The number of hydrogen-bond acceptors (Lipinski definition) is 4. The van der Waals surface area contributed by atoms with Crippen molar-refractivity contribution in [3.05, 3.63) is 46.3 Å². The smallest absolute Gasteiger partial charge is 0.262 e. The number of aromatic nitrogens is 2. The molecule has 5 nitrogen and oxygen atoms in total. The molecule has 1 aromatic carbocycles. The van der Waals surface area contributed by atoms with Crippen LogP contribution in [0.25, 0.3) is 10.9 Å². The lowest BCUT2D eigenvalue weighted by molar-refractivity contribution is -0.121. The first kappa shape index (κ1) is 21.6. The van der Waals surface area contributed by atoms with Gasteiger partial charge in [0.1, 0.15) is 0 Å². The van der Waals surface area contributed by atoms with Gasteiger partial charge in [-0.25, -0.2) is 4.98 Å². The summed E-state index contributed by atoms with van der Waals surface area (Å²) in [5, 5.41) is 3.90. The molecule has 6 heteroatoms. The molecule has 0 spiro atoms. The van der Waals surface area contributed by atoms with Crippen molar-refractivity contribution in [1.29, 1.82) is 0 Å². The van der Waals surface area contributed by atoms with E-state index in [4.69, 9.17) is 4.98 Å². The molecule has 0 radical (unpaired) electrons. The molecule has 0 bridgehead atoms. The fourth-order valence-electron chi connectivity index (χ4n) is 3.50. The predicted octanol–water partition coefficient (Wildman–Crippen LogP) is 4.68. The minimum absolute atomic E-state index is 0.0297. The number of allylic oxidation sites excluding steroid dienone is 2. The first-order valence-electron chi connectivity index (χ1n) is 10.4. The Hall–Kier alpha value is -2.08. The largest absolute Gasteiger partial charge is 0.351 e.